The van der Waals surface area contributed by atoms with Crippen LogP contribution in [0.4, 0.5) is 0 Å². The number of nitrogens with one attached hydrogen (secondary N) is 1. The van der Waals surface area contributed by atoms with E-state index < -0.39 is 0 Å². The maximum atomic E-state index is 5.83. The van der Waals surface area contributed by atoms with Gasteiger partial charge in [-0.1, -0.05) is 24.2 Å². The second-order valence-corrected chi connectivity index (χ2v) is 4.65. The molecule has 0 amide bonds. The maximum Gasteiger partial charge on any atom is 0.264 e. The molecule has 0 unspecified atom stereocenters. The summed E-state index contributed by atoms with van der Waals surface area (Å²) in [5.41, 5.74) is 1.04. The van der Waals surface area contributed by atoms with Crippen LogP contribution < -0.4 is 14.8 Å². The van der Waals surface area contributed by atoms with Gasteiger partial charge in [0.1, 0.15) is 0 Å². The predicted octanol–water partition coefficient (Wildman–Crippen LogP) is 2.47. The first-order valence-electron chi connectivity index (χ1n) is 7.03. The number of aryl methyl sites for hydroxylation is 1. The van der Waals surface area contributed by atoms with Crippen LogP contribution in [0.15, 0.2) is 22.7 Å². The van der Waals surface area contributed by atoms with E-state index in [2.05, 4.69) is 22.4 Å². The molecule has 1 heterocycles. The average Bonchev–Trinajstić information content (AvgIpc) is 2.91. The summed E-state index contributed by atoms with van der Waals surface area (Å²) >= 11 is 0. The van der Waals surface area contributed by atoms with Gasteiger partial charge in [-0.15, -0.1) is 0 Å². The standard InChI is InChI=1S/C15H21N3O3/c1-4-8-16-9-12-6-5-7-13(19-3)15(12)20-10-14-17-11(2)18-21-14/h5-7,16H,4,8-10H2,1-3H3. The van der Waals surface area contributed by atoms with Crippen molar-refractivity contribution in [1.82, 2.24) is 15.5 Å². The Morgan fingerprint density at radius 3 is 2.86 bits per heavy atom. The second kappa shape index (κ2) is 7.64. The summed E-state index contributed by atoms with van der Waals surface area (Å²) in [5.74, 6) is 2.45. The number of para-hydroxylation sites is 1. The minimum Gasteiger partial charge on any atom is -0.493 e. The topological polar surface area (TPSA) is 69.4 Å². The molecule has 0 saturated heterocycles. The van der Waals surface area contributed by atoms with Crippen LogP contribution in [0, 0.1) is 6.92 Å². The Kier molecular flexibility index (Phi) is 5.57. The van der Waals surface area contributed by atoms with E-state index in [1.807, 2.05) is 18.2 Å². The normalized spacial score (nSPS) is 10.6. The van der Waals surface area contributed by atoms with Gasteiger partial charge in [0.2, 0.25) is 0 Å². The van der Waals surface area contributed by atoms with Crippen LogP contribution in [0.25, 0.3) is 0 Å². The molecule has 0 saturated carbocycles. The lowest BCUT2D eigenvalue weighted by atomic mass is 10.2. The number of hydrogen-bond acceptors (Lipinski definition) is 6. The summed E-state index contributed by atoms with van der Waals surface area (Å²) in [4.78, 5) is 4.13. The van der Waals surface area contributed by atoms with Gasteiger partial charge in [-0.25, -0.2) is 0 Å². The summed E-state index contributed by atoms with van der Waals surface area (Å²) in [5, 5.41) is 7.10. The summed E-state index contributed by atoms with van der Waals surface area (Å²) in [7, 11) is 1.63. The summed E-state index contributed by atoms with van der Waals surface area (Å²) in [6.07, 6.45) is 1.08. The molecule has 6 nitrogen and oxygen atoms in total. The zero-order valence-electron chi connectivity index (χ0n) is 12.7. The molecule has 0 bridgehead atoms. The van der Waals surface area contributed by atoms with Crippen LogP contribution >= 0.6 is 0 Å². The van der Waals surface area contributed by atoms with Gasteiger partial charge < -0.3 is 19.3 Å². The number of ether oxygens (including phenoxy) is 2. The van der Waals surface area contributed by atoms with Gasteiger partial charge in [0, 0.05) is 12.1 Å². The smallest absolute Gasteiger partial charge is 0.264 e. The van der Waals surface area contributed by atoms with Crippen LogP contribution in [0.2, 0.25) is 0 Å². The van der Waals surface area contributed by atoms with Gasteiger partial charge in [-0.2, -0.15) is 4.98 Å². The van der Waals surface area contributed by atoms with Crippen molar-refractivity contribution >= 4 is 0 Å². The molecule has 0 aliphatic carbocycles. The van der Waals surface area contributed by atoms with Gasteiger partial charge in [-0.3, -0.25) is 0 Å². The highest BCUT2D eigenvalue weighted by molar-refractivity contribution is 5.46. The predicted molar refractivity (Wildman–Crippen MR) is 78.4 cm³/mol. The van der Waals surface area contributed by atoms with Crippen LogP contribution in [0.5, 0.6) is 11.5 Å². The minimum atomic E-state index is 0.224. The molecule has 114 valence electrons. The number of nitrogens with zero attached hydrogens (tertiary/aromatic N) is 2. The van der Waals surface area contributed by atoms with E-state index in [0.29, 0.717) is 23.2 Å². The minimum absolute atomic E-state index is 0.224. The number of methoxy groups -OCH3 is 1. The second-order valence-electron chi connectivity index (χ2n) is 4.65. The fourth-order valence-electron chi connectivity index (χ4n) is 1.96. The first-order chi connectivity index (χ1) is 10.2. The van der Waals surface area contributed by atoms with Gasteiger partial charge >= 0.3 is 0 Å². The number of rotatable bonds is 8. The first-order valence-corrected chi connectivity index (χ1v) is 7.03. The largest absolute Gasteiger partial charge is 0.493 e. The molecule has 6 heteroatoms. The van der Waals surface area contributed by atoms with E-state index in [4.69, 9.17) is 14.0 Å². The van der Waals surface area contributed by atoms with Crippen LogP contribution in [-0.4, -0.2) is 23.8 Å². The molecule has 0 atom stereocenters. The van der Waals surface area contributed by atoms with Crippen molar-refractivity contribution < 1.29 is 14.0 Å². The Morgan fingerprint density at radius 2 is 2.19 bits per heavy atom. The monoisotopic (exact) mass is 291 g/mol. The number of hydrogen-bond donors (Lipinski definition) is 1. The fraction of sp³-hybridized carbons (Fsp3) is 0.467. The molecule has 21 heavy (non-hydrogen) atoms. The molecule has 0 spiro atoms. The third-order valence-electron chi connectivity index (χ3n) is 2.93. The summed E-state index contributed by atoms with van der Waals surface area (Å²) in [6.45, 7) is 5.81. The van der Waals surface area contributed by atoms with Crippen molar-refractivity contribution in [3.05, 3.63) is 35.5 Å². The van der Waals surface area contributed by atoms with E-state index in [1.54, 1.807) is 14.0 Å². The first kappa shape index (κ1) is 15.3. The van der Waals surface area contributed by atoms with Crippen molar-refractivity contribution in [2.75, 3.05) is 13.7 Å². The molecule has 2 rings (SSSR count). The molecule has 2 aromatic rings. The van der Waals surface area contributed by atoms with E-state index >= 15 is 0 Å². The average molecular weight is 291 g/mol. The summed E-state index contributed by atoms with van der Waals surface area (Å²) in [6, 6.07) is 5.84. The van der Waals surface area contributed by atoms with Crippen molar-refractivity contribution in [2.45, 2.75) is 33.4 Å². The molecule has 1 aromatic heterocycles. The SMILES string of the molecule is CCCNCc1cccc(OC)c1OCc1nc(C)no1. The molecule has 1 aromatic carbocycles. The van der Waals surface area contributed by atoms with Gasteiger partial charge in [0.05, 0.1) is 7.11 Å². The lowest BCUT2D eigenvalue weighted by molar-refractivity contribution is 0.231. The highest BCUT2D eigenvalue weighted by Crippen LogP contribution is 2.31. The van der Waals surface area contributed by atoms with Gasteiger partial charge in [-0.05, 0) is 26.0 Å². The van der Waals surface area contributed by atoms with E-state index in [-0.39, 0.29) is 6.61 Å². The van der Waals surface area contributed by atoms with Gasteiger partial charge in [0.15, 0.2) is 23.9 Å². The molecule has 1 N–H and O–H groups in total. The lowest BCUT2D eigenvalue weighted by Gasteiger charge is -2.14. The van der Waals surface area contributed by atoms with Crippen molar-refractivity contribution in [2.24, 2.45) is 0 Å². The fourth-order valence-corrected chi connectivity index (χ4v) is 1.96. The van der Waals surface area contributed by atoms with Gasteiger partial charge in [0.25, 0.3) is 5.89 Å². The van der Waals surface area contributed by atoms with Crippen LogP contribution in [-0.2, 0) is 13.2 Å². The quantitative estimate of drug-likeness (QED) is 0.753. The van der Waals surface area contributed by atoms with Crippen LogP contribution in [0.3, 0.4) is 0 Å². The Balaban J connectivity index is 2.10. The highest BCUT2D eigenvalue weighted by Gasteiger charge is 2.12. The van der Waals surface area contributed by atoms with E-state index in [1.165, 1.54) is 0 Å². The third-order valence-corrected chi connectivity index (χ3v) is 2.93. The van der Waals surface area contributed by atoms with Crippen LogP contribution in [0.1, 0.15) is 30.6 Å². The lowest BCUT2D eigenvalue weighted by Crippen LogP contribution is -2.15. The molecular formula is C15H21N3O3. The molecule has 0 radical (unpaired) electrons. The number of aromatic nitrogens is 2. The Bertz CT molecular complexity index is 569. The molecule has 0 aliphatic rings. The zero-order chi connectivity index (χ0) is 15.1. The zero-order valence-corrected chi connectivity index (χ0v) is 12.7. The van der Waals surface area contributed by atoms with E-state index in [0.717, 1.165) is 25.1 Å². The molecule has 0 fully saturated rings. The Hall–Kier alpha value is -2.08. The Morgan fingerprint density at radius 1 is 1.33 bits per heavy atom. The van der Waals surface area contributed by atoms with Crippen molar-refractivity contribution in [3.63, 3.8) is 0 Å². The summed E-state index contributed by atoms with van der Waals surface area (Å²) < 4.78 is 16.2. The highest BCUT2D eigenvalue weighted by atomic mass is 16.5. The third kappa shape index (κ3) is 4.19. The molecular weight excluding hydrogens is 270 g/mol. The van der Waals surface area contributed by atoms with Crippen molar-refractivity contribution in [3.8, 4) is 11.5 Å². The van der Waals surface area contributed by atoms with E-state index in [9.17, 15) is 0 Å². The Labute approximate surface area is 124 Å². The molecule has 0 aliphatic heterocycles. The number of benzene rings is 1. The maximum absolute atomic E-state index is 5.83. The van der Waals surface area contributed by atoms with Crippen molar-refractivity contribution in [1.29, 1.82) is 0 Å².